The number of ether oxygens (including phenoxy) is 2. The minimum atomic E-state index is -1.31. The molecule has 0 amide bonds. The minimum Gasteiger partial charge on any atom is -0.497 e. The Hall–Kier alpha value is -3.40. The number of rotatable bonds is 11. The van der Waals surface area contributed by atoms with Crippen LogP contribution >= 0.6 is 0 Å². The number of hydrogen-bond donors (Lipinski definition) is 1. The molecule has 1 fully saturated rings. The highest BCUT2D eigenvalue weighted by molar-refractivity contribution is 5.85. The lowest BCUT2D eigenvalue weighted by Crippen LogP contribution is -2.42. The molecule has 2 heterocycles. The topological polar surface area (TPSA) is 71.9 Å². The number of fused-ring (bicyclic) bond motifs is 1. The number of carbonyl (C=O) groups is 1. The van der Waals surface area contributed by atoms with E-state index in [9.17, 15) is 23.1 Å². The largest absolute Gasteiger partial charge is 0.497 e. The van der Waals surface area contributed by atoms with Crippen LogP contribution in [0.25, 0.3) is 10.9 Å². The molecule has 1 saturated heterocycles. The Bertz CT molecular complexity index is 1310. The van der Waals surface area contributed by atoms with Crippen molar-refractivity contribution in [1.29, 1.82) is 0 Å². The highest BCUT2D eigenvalue weighted by atomic mass is 19.1. The molecule has 1 atom stereocenters. The first-order valence-electron chi connectivity index (χ1n) is 12.9. The SMILES string of the molecule is COc1ccc2ncc(C)c(C(F)CCC3(CC(=O)O)CCN(CCOc4c(F)cc(F)cc4F)CC3)c2c1. The van der Waals surface area contributed by atoms with Crippen LogP contribution in [0.5, 0.6) is 11.5 Å². The molecule has 0 radical (unpaired) electrons. The summed E-state index contributed by atoms with van der Waals surface area (Å²) < 4.78 is 67.0. The van der Waals surface area contributed by atoms with Gasteiger partial charge in [0, 0.05) is 30.3 Å². The Kier molecular flexibility index (Phi) is 8.94. The fourth-order valence-electron chi connectivity index (χ4n) is 5.44. The standard InChI is InChI=1S/C29H32F4N2O4/c1-18-17-34-25-4-3-20(38-2)15-21(25)27(18)22(31)5-6-29(16-26(36)37)7-9-35(10-8-29)11-12-39-28-23(32)13-19(30)14-24(28)33/h3-4,13-15,17,22H,5-12,16H2,1-2H3,(H,36,37). The van der Waals surface area contributed by atoms with E-state index in [-0.39, 0.29) is 19.4 Å². The molecule has 4 rings (SSSR count). The molecule has 1 aromatic heterocycles. The van der Waals surface area contributed by atoms with Gasteiger partial charge in [0.05, 0.1) is 19.0 Å². The third-order valence-electron chi connectivity index (χ3n) is 7.62. The Morgan fingerprint density at radius 3 is 2.49 bits per heavy atom. The van der Waals surface area contributed by atoms with Crippen molar-refractivity contribution in [2.24, 2.45) is 5.41 Å². The van der Waals surface area contributed by atoms with Gasteiger partial charge in [0.15, 0.2) is 17.4 Å². The molecule has 1 unspecified atom stereocenters. The number of benzene rings is 2. The van der Waals surface area contributed by atoms with Gasteiger partial charge in [0.25, 0.3) is 0 Å². The summed E-state index contributed by atoms with van der Waals surface area (Å²) in [6, 6.07) is 6.45. The van der Waals surface area contributed by atoms with Crippen molar-refractivity contribution in [2.45, 2.75) is 45.2 Å². The van der Waals surface area contributed by atoms with Crippen LogP contribution in [0.1, 0.15) is 49.4 Å². The maximum atomic E-state index is 15.8. The lowest BCUT2D eigenvalue weighted by atomic mass is 9.71. The van der Waals surface area contributed by atoms with Gasteiger partial charge < -0.3 is 14.6 Å². The van der Waals surface area contributed by atoms with Crippen molar-refractivity contribution in [3.8, 4) is 11.5 Å². The number of pyridine rings is 1. The number of alkyl halides is 1. The second-order valence-electron chi connectivity index (χ2n) is 10.2. The third kappa shape index (κ3) is 6.79. The molecule has 0 saturated carbocycles. The number of piperidine rings is 1. The average Bonchev–Trinajstić information content (AvgIpc) is 2.89. The van der Waals surface area contributed by atoms with Crippen LogP contribution in [-0.4, -0.2) is 54.3 Å². The molecular formula is C29H32F4N2O4. The first-order chi connectivity index (χ1) is 18.6. The fourth-order valence-corrected chi connectivity index (χ4v) is 5.44. The molecule has 1 aliphatic rings. The number of likely N-dealkylation sites (tertiary alicyclic amines) is 1. The van der Waals surface area contributed by atoms with E-state index in [1.165, 1.54) is 0 Å². The van der Waals surface area contributed by atoms with Crippen LogP contribution in [0.15, 0.2) is 36.5 Å². The number of carboxylic acid groups (broad SMARTS) is 1. The van der Waals surface area contributed by atoms with E-state index in [1.807, 2.05) is 11.8 Å². The maximum Gasteiger partial charge on any atom is 0.303 e. The Balaban J connectivity index is 1.39. The zero-order chi connectivity index (χ0) is 28.2. The van der Waals surface area contributed by atoms with Crippen LogP contribution in [-0.2, 0) is 4.79 Å². The van der Waals surface area contributed by atoms with E-state index < -0.39 is 40.8 Å². The average molecular weight is 549 g/mol. The van der Waals surface area contributed by atoms with E-state index in [2.05, 4.69) is 4.98 Å². The Morgan fingerprint density at radius 2 is 1.85 bits per heavy atom. The zero-order valence-corrected chi connectivity index (χ0v) is 22.0. The van der Waals surface area contributed by atoms with Crippen molar-refractivity contribution in [1.82, 2.24) is 9.88 Å². The third-order valence-corrected chi connectivity index (χ3v) is 7.62. The van der Waals surface area contributed by atoms with E-state index in [4.69, 9.17) is 9.47 Å². The molecule has 0 aliphatic carbocycles. The van der Waals surface area contributed by atoms with Gasteiger partial charge in [-0.3, -0.25) is 14.7 Å². The number of aryl methyl sites for hydroxylation is 1. The van der Waals surface area contributed by atoms with Crippen molar-refractivity contribution in [3.63, 3.8) is 0 Å². The van der Waals surface area contributed by atoms with Gasteiger partial charge in [-0.2, -0.15) is 0 Å². The normalized spacial score (nSPS) is 16.3. The highest BCUT2D eigenvalue weighted by Gasteiger charge is 2.37. The maximum absolute atomic E-state index is 15.8. The van der Waals surface area contributed by atoms with Crippen LogP contribution in [0.4, 0.5) is 17.6 Å². The lowest BCUT2D eigenvalue weighted by molar-refractivity contribution is -0.141. The minimum absolute atomic E-state index is 0.0180. The molecule has 1 aliphatic heterocycles. The molecule has 2 aromatic carbocycles. The predicted molar refractivity (Wildman–Crippen MR) is 138 cm³/mol. The number of nitrogens with zero attached hydrogens (tertiary/aromatic N) is 2. The van der Waals surface area contributed by atoms with Crippen LogP contribution < -0.4 is 9.47 Å². The molecule has 0 bridgehead atoms. The first-order valence-corrected chi connectivity index (χ1v) is 12.9. The molecule has 1 N–H and O–H groups in total. The number of aromatic nitrogens is 1. The quantitative estimate of drug-likeness (QED) is 0.280. The summed E-state index contributed by atoms with van der Waals surface area (Å²) >= 11 is 0. The summed E-state index contributed by atoms with van der Waals surface area (Å²) in [5.41, 5.74) is 1.35. The predicted octanol–water partition coefficient (Wildman–Crippen LogP) is 6.40. The zero-order valence-electron chi connectivity index (χ0n) is 22.0. The molecule has 10 heteroatoms. The smallest absolute Gasteiger partial charge is 0.303 e. The monoisotopic (exact) mass is 548 g/mol. The second-order valence-corrected chi connectivity index (χ2v) is 10.2. The van der Waals surface area contributed by atoms with E-state index in [1.54, 1.807) is 31.5 Å². The van der Waals surface area contributed by atoms with Gasteiger partial charge in [-0.15, -0.1) is 0 Å². The van der Waals surface area contributed by atoms with Crippen molar-refractivity contribution < 1.29 is 36.9 Å². The van der Waals surface area contributed by atoms with Gasteiger partial charge in [-0.05, 0) is 80.4 Å². The number of methoxy groups -OCH3 is 1. The molecular weight excluding hydrogens is 516 g/mol. The summed E-state index contributed by atoms with van der Waals surface area (Å²) in [5.74, 6) is -4.19. The van der Waals surface area contributed by atoms with E-state index in [0.29, 0.717) is 73.2 Å². The molecule has 210 valence electrons. The summed E-state index contributed by atoms with van der Waals surface area (Å²) in [6.45, 7) is 3.23. The van der Waals surface area contributed by atoms with Gasteiger partial charge in [-0.1, -0.05) is 0 Å². The van der Waals surface area contributed by atoms with E-state index in [0.717, 1.165) is 5.56 Å². The first kappa shape index (κ1) is 28.6. The molecule has 0 spiro atoms. The van der Waals surface area contributed by atoms with Crippen LogP contribution in [0, 0.1) is 29.8 Å². The number of halogens is 4. The Labute approximate surface area is 224 Å². The van der Waals surface area contributed by atoms with Crippen molar-refractivity contribution >= 4 is 16.9 Å². The van der Waals surface area contributed by atoms with Crippen LogP contribution in [0.2, 0.25) is 0 Å². The van der Waals surface area contributed by atoms with Gasteiger partial charge >= 0.3 is 5.97 Å². The van der Waals surface area contributed by atoms with E-state index >= 15 is 4.39 Å². The highest BCUT2D eigenvalue weighted by Crippen LogP contribution is 2.43. The Morgan fingerprint density at radius 1 is 1.15 bits per heavy atom. The second kappa shape index (κ2) is 12.2. The summed E-state index contributed by atoms with van der Waals surface area (Å²) in [4.78, 5) is 18.1. The van der Waals surface area contributed by atoms with Crippen LogP contribution in [0.3, 0.4) is 0 Å². The summed E-state index contributed by atoms with van der Waals surface area (Å²) in [7, 11) is 1.55. The molecule has 3 aromatic rings. The lowest BCUT2D eigenvalue weighted by Gasteiger charge is -2.41. The fraction of sp³-hybridized carbons (Fsp3) is 0.448. The summed E-state index contributed by atoms with van der Waals surface area (Å²) in [5, 5.41) is 10.3. The van der Waals surface area contributed by atoms with Gasteiger partial charge in [0.1, 0.15) is 24.3 Å². The van der Waals surface area contributed by atoms with Crippen molar-refractivity contribution in [2.75, 3.05) is 33.4 Å². The summed E-state index contributed by atoms with van der Waals surface area (Å²) in [6.07, 6.45) is 1.90. The number of carboxylic acids is 1. The van der Waals surface area contributed by atoms with Gasteiger partial charge in [0.2, 0.25) is 0 Å². The van der Waals surface area contributed by atoms with Gasteiger partial charge in [-0.25, -0.2) is 17.6 Å². The number of aliphatic carboxylic acids is 1. The molecule has 6 nitrogen and oxygen atoms in total. The van der Waals surface area contributed by atoms with Crippen molar-refractivity contribution in [3.05, 3.63) is 65.1 Å². The molecule has 39 heavy (non-hydrogen) atoms. The number of hydrogen-bond acceptors (Lipinski definition) is 5.